The summed E-state index contributed by atoms with van der Waals surface area (Å²) in [6.07, 6.45) is 1.60. The van der Waals surface area contributed by atoms with Gasteiger partial charge in [0.25, 0.3) is 11.8 Å². The number of hydrogen-bond donors (Lipinski definition) is 0. The number of amides is 2. The molecule has 0 radical (unpaired) electrons. The maximum Gasteiger partial charge on any atom is 0.282 e. The first-order valence-electron chi connectivity index (χ1n) is 7.65. The second-order valence-corrected chi connectivity index (χ2v) is 5.79. The Bertz CT molecular complexity index is 995. The van der Waals surface area contributed by atoms with E-state index in [-0.39, 0.29) is 11.8 Å². The van der Waals surface area contributed by atoms with Gasteiger partial charge in [0, 0.05) is 29.2 Å². The molecule has 0 saturated carbocycles. The summed E-state index contributed by atoms with van der Waals surface area (Å²) in [5.74, 6) is -0.769. The van der Waals surface area contributed by atoms with Crippen LogP contribution in [0.5, 0.6) is 0 Å². The van der Waals surface area contributed by atoms with Gasteiger partial charge in [-0.1, -0.05) is 30.3 Å². The fourth-order valence-electron chi connectivity index (χ4n) is 3.11. The Balaban J connectivity index is 1.77. The van der Waals surface area contributed by atoms with Gasteiger partial charge in [-0.2, -0.15) is 10.1 Å². The number of benzene rings is 2. The average Bonchev–Trinajstić information content (AvgIpc) is 3.00. The van der Waals surface area contributed by atoms with Crippen LogP contribution in [-0.2, 0) is 7.05 Å². The molecule has 1 aliphatic rings. The topological polar surface area (TPSA) is 54.7 Å². The number of fused-ring (bicyclic) bond motifs is 2. The van der Waals surface area contributed by atoms with Crippen molar-refractivity contribution < 1.29 is 9.59 Å². The van der Waals surface area contributed by atoms with Crippen molar-refractivity contribution in [3.8, 4) is 0 Å². The third kappa shape index (κ3) is 1.91. The van der Waals surface area contributed by atoms with E-state index in [4.69, 9.17) is 0 Å². The molecule has 4 rings (SSSR count). The molecule has 0 aliphatic carbocycles. The molecule has 24 heavy (non-hydrogen) atoms. The molecule has 118 valence electrons. The summed E-state index contributed by atoms with van der Waals surface area (Å²) in [7, 11) is 1.98. The Morgan fingerprint density at radius 1 is 0.917 bits per heavy atom. The molecule has 3 aromatic rings. The number of hydrazone groups is 1. The van der Waals surface area contributed by atoms with Crippen LogP contribution in [0.4, 0.5) is 0 Å². The van der Waals surface area contributed by atoms with Gasteiger partial charge >= 0.3 is 0 Å². The second-order valence-electron chi connectivity index (χ2n) is 5.79. The largest absolute Gasteiger partial charge is 0.347 e. The molecule has 0 unspecified atom stereocenters. The minimum absolute atomic E-state index is 0.385. The third-order valence-corrected chi connectivity index (χ3v) is 4.52. The van der Waals surface area contributed by atoms with Crippen molar-refractivity contribution >= 4 is 28.9 Å². The van der Waals surface area contributed by atoms with E-state index in [9.17, 15) is 9.59 Å². The lowest BCUT2D eigenvalue weighted by Crippen LogP contribution is -2.24. The molecule has 0 spiro atoms. The van der Waals surface area contributed by atoms with Gasteiger partial charge in [0.15, 0.2) is 0 Å². The number of hydrogen-bond acceptors (Lipinski definition) is 3. The van der Waals surface area contributed by atoms with Crippen LogP contribution in [0.25, 0.3) is 10.9 Å². The summed E-state index contributed by atoms with van der Waals surface area (Å²) in [6, 6.07) is 14.8. The van der Waals surface area contributed by atoms with Crippen molar-refractivity contribution in [1.82, 2.24) is 9.58 Å². The summed E-state index contributed by atoms with van der Waals surface area (Å²) in [6.45, 7) is 1.99. The maximum absolute atomic E-state index is 12.4. The zero-order chi connectivity index (χ0) is 16.8. The van der Waals surface area contributed by atoms with Crippen LogP contribution in [-0.4, -0.2) is 27.6 Å². The number of carbonyl (C=O) groups is 2. The quantitative estimate of drug-likeness (QED) is 0.538. The normalized spacial score (nSPS) is 14.2. The Morgan fingerprint density at radius 2 is 1.50 bits per heavy atom. The predicted molar refractivity (Wildman–Crippen MR) is 92.2 cm³/mol. The Morgan fingerprint density at radius 3 is 2.17 bits per heavy atom. The zero-order valence-electron chi connectivity index (χ0n) is 13.4. The molecular formula is C19H15N3O2. The molecule has 2 heterocycles. The van der Waals surface area contributed by atoms with Gasteiger partial charge in [-0.3, -0.25) is 9.59 Å². The van der Waals surface area contributed by atoms with Gasteiger partial charge in [0.05, 0.1) is 17.3 Å². The van der Waals surface area contributed by atoms with Crippen molar-refractivity contribution in [1.29, 1.82) is 0 Å². The van der Waals surface area contributed by atoms with Gasteiger partial charge in [0.2, 0.25) is 0 Å². The van der Waals surface area contributed by atoms with E-state index in [1.165, 1.54) is 0 Å². The number of carbonyl (C=O) groups excluding carboxylic acids is 2. The summed E-state index contributed by atoms with van der Waals surface area (Å²) >= 11 is 0. The summed E-state index contributed by atoms with van der Waals surface area (Å²) in [4.78, 5) is 24.7. The summed E-state index contributed by atoms with van der Waals surface area (Å²) < 4.78 is 2.07. The number of rotatable bonds is 2. The molecule has 0 N–H and O–H groups in total. The number of nitrogens with zero attached hydrogens (tertiary/aromatic N) is 3. The number of para-hydroxylation sites is 1. The van der Waals surface area contributed by atoms with Crippen molar-refractivity contribution in [2.24, 2.45) is 12.1 Å². The minimum Gasteiger partial charge on any atom is -0.347 e. The second kappa shape index (κ2) is 5.16. The maximum atomic E-state index is 12.4. The van der Waals surface area contributed by atoms with E-state index in [1.807, 2.05) is 38.2 Å². The number of aryl methyl sites for hydroxylation is 1. The van der Waals surface area contributed by atoms with Crippen LogP contribution in [0.3, 0.4) is 0 Å². The summed E-state index contributed by atoms with van der Waals surface area (Å²) in [5, 5.41) is 6.17. The summed E-state index contributed by atoms with van der Waals surface area (Å²) in [5.41, 5.74) is 3.81. The lowest BCUT2D eigenvalue weighted by molar-refractivity contribution is 0.0660. The SMILES string of the molecule is Cc1c(/C=N/N2C(=O)c3ccccc3C2=O)c2ccccc2n1C. The van der Waals surface area contributed by atoms with Gasteiger partial charge in [-0.05, 0) is 25.1 Å². The molecule has 0 bridgehead atoms. The van der Waals surface area contributed by atoms with E-state index in [0.717, 1.165) is 27.2 Å². The molecule has 2 amide bonds. The number of imide groups is 1. The lowest BCUT2D eigenvalue weighted by Gasteiger charge is -2.05. The molecule has 0 saturated heterocycles. The molecule has 1 aliphatic heterocycles. The van der Waals surface area contributed by atoms with Crippen LogP contribution < -0.4 is 0 Å². The standard InChI is InChI=1S/C19H15N3O2/c1-12-16(13-7-5-6-10-17(13)21(12)2)11-20-22-18(23)14-8-3-4-9-15(14)19(22)24/h3-11H,1-2H3/b20-11+. The van der Waals surface area contributed by atoms with Gasteiger partial charge < -0.3 is 4.57 Å². The highest BCUT2D eigenvalue weighted by Gasteiger charge is 2.35. The first-order chi connectivity index (χ1) is 11.6. The molecule has 0 atom stereocenters. The van der Waals surface area contributed by atoms with Gasteiger partial charge in [-0.15, -0.1) is 0 Å². The molecule has 5 nitrogen and oxygen atoms in total. The average molecular weight is 317 g/mol. The highest BCUT2D eigenvalue weighted by Crippen LogP contribution is 2.25. The van der Waals surface area contributed by atoms with Crippen molar-refractivity contribution in [3.05, 3.63) is 70.9 Å². The minimum atomic E-state index is -0.385. The van der Waals surface area contributed by atoms with E-state index < -0.39 is 0 Å². The van der Waals surface area contributed by atoms with Crippen LogP contribution >= 0.6 is 0 Å². The van der Waals surface area contributed by atoms with Crippen LogP contribution in [0.2, 0.25) is 0 Å². The van der Waals surface area contributed by atoms with E-state index in [2.05, 4.69) is 9.67 Å². The van der Waals surface area contributed by atoms with Crippen molar-refractivity contribution in [3.63, 3.8) is 0 Å². The van der Waals surface area contributed by atoms with Crippen LogP contribution in [0.15, 0.2) is 53.6 Å². The molecule has 5 heteroatoms. The van der Waals surface area contributed by atoms with Crippen LogP contribution in [0, 0.1) is 6.92 Å². The first kappa shape index (κ1) is 14.4. The lowest BCUT2D eigenvalue weighted by atomic mass is 10.1. The van der Waals surface area contributed by atoms with Crippen molar-refractivity contribution in [2.45, 2.75) is 6.92 Å². The molecule has 0 fully saturated rings. The Labute approximate surface area is 138 Å². The zero-order valence-corrected chi connectivity index (χ0v) is 13.4. The fourth-order valence-corrected chi connectivity index (χ4v) is 3.11. The predicted octanol–water partition coefficient (Wildman–Crippen LogP) is 3.12. The van der Waals surface area contributed by atoms with Crippen molar-refractivity contribution in [2.75, 3.05) is 0 Å². The third-order valence-electron chi connectivity index (χ3n) is 4.52. The highest BCUT2D eigenvalue weighted by atomic mass is 16.2. The van der Waals surface area contributed by atoms with E-state index in [1.54, 1.807) is 30.5 Å². The van der Waals surface area contributed by atoms with Crippen LogP contribution in [0.1, 0.15) is 32.0 Å². The first-order valence-corrected chi connectivity index (χ1v) is 7.65. The van der Waals surface area contributed by atoms with E-state index in [0.29, 0.717) is 11.1 Å². The monoisotopic (exact) mass is 317 g/mol. The smallest absolute Gasteiger partial charge is 0.282 e. The molecule has 2 aromatic carbocycles. The van der Waals surface area contributed by atoms with E-state index >= 15 is 0 Å². The Kier molecular flexibility index (Phi) is 3.09. The number of aromatic nitrogens is 1. The highest BCUT2D eigenvalue weighted by molar-refractivity contribution is 6.21. The van der Waals surface area contributed by atoms with Gasteiger partial charge in [-0.25, -0.2) is 0 Å². The molecular weight excluding hydrogens is 302 g/mol. The fraction of sp³-hybridized carbons (Fsp3) is 0.105. The Hall–Kier alpha value is -3.21. The van der Waals surface area contributed by atoms with Gasteiger partial charge in [0.1, 0.15) is 0 Å². The molecule has 1 aromatic heterocycles.